The second-order valence-corrected chi connectivity index (χ2v) is 14.2. The molecule has 0 aromatic heterocycles. The summed E-state index contributed by atoms with van der Waals surface area (Å²) in [4.78, 5) is 61.1. The number of hydroxylamine groups is 4. The summed E-state index contributed by atoms with van der Waals surface area (Å²) in [5.41, 5.74) is -3.82. The van der Waals surface area contributed by atoms with E-state index in [2.05, 4.69) is 0 Å². The lowest BCUT2D eigenvalue weighted by molar-refractivity contribution is -0.292. The topological polar surface area (TPSA) is 134 Å². The van der Waals surface area contributed by atoms with Gasteiger partial charge < -0.3 is 19.9 Å². The Labute approximate surface area is 233 Å². The molecule has 0 unspecified atom stereocenters. The van der Waals surface area contributed by atoms with Crippen LogP contribution >= 0.6 is 0 Å². The fourth-order valence-electron chi connectivity index (χ4n) is 8.39. The highest BCUT2D eigenvalue weighted by Crippen LogP contribution is 2.61. The Balaban J connectivity index is 2.81. The fraction of sp³-hybridized carbons (Fsp3) is 0.862. The van der Waals surface area contributed by atoms with Gasteiger partial charge in [-0.3, -0.25) is 19.2 Å². The van der Waals surface area contributed by atoms with Gasteiger partial charge in [-0.2, -0.15) is 0 Å². The van der Waals surface area contributed by atoms with Crippen molar-refractivity contribution >= 4 is 23.9 Å². The first-order chi connectivity index (χ1) is 17.5. The maximum absolute atomic E-state index is 12.9. The number of hydrogen-bond acceptors (Lipinski definition) is 8. The second kappa shape index (κ2) is 11.0. The Kier molecular flexibility index (Phi) is 9.30. The van der Waals surface area contributed by atoms with Crippen molar-refractivity contribution in [3.8, 4) is 0 Å². The Morgan fingerprint density at radius 1 is 0.718 bits per heavy atom. The van der Waals surface area contributed by atoms with E-state index in [0.29, 0.717) is 38.5 Å². The number of carbonyl (C=O) groups excluding carboxylic acids is 2. The predicted molar refractivity (Wildman–Crippen MR) is 145 cm³/mol. The van der Waals surface area contributed by atoms with Gasteiger partial charge in [0.25, 0.3) is 0 Å². The van der Waals surface area contributed by atoms with Crippen molar-refractivity contribution in [3.63, 3.8) is 0 Å². The van der Waals surface area contributed by atoms with E-state index in [-0.39, 0.29) is 11.8 Å². The van der Waals surface area contributed by atoms with Crippen LogP contribution in [0, 0.1) is 23.2 Å². The van der Waals surface area contributed by atoms with Crippen molar-refractivity contribution < 1.29 is 39.1 Å². The molecule has 0 saturated carbocycles. The zero-order chi connectivity index (χ0) is 30.4. The molecular formula is C29H50N2O8. The van der Waals surface area contributed by atoms with Gasteiger partial charge in [0.1, 0.15) is 0 Å². The van der Waals surface area contributed by atoms with Crippen LogP contribution in [0.1, 0.15) is 115 Å². The lowest BCUT2D eigenvalue weighted by Crippen LogP contribution is -2.68. The zero-order valence-corrected chi connectivity index (χ0v) is 25.7. The van der Waals surface area contributed by atoms with Crippen LogP contribution < -0.4 is 0 Å². The first-order valence-electron chi connectivity index (χ1n) is 14.0. The average Bonchev–Trinajstić information content (AvgIpc) is 2.71. The lowest BCUT2D eigenvalue weighted by atomic mass is 9.48. The number of piperidine rings is 2. The van der Waals surface area contributed by atoms with E-state index in [0.717, 1.165) is 0 Å². The first kappa shape index (κ1) is 33.0. The van der Waals surface area contributed by atoms with Gasteiger partial charge in [-0.25, -0.2) is 0 Å². The Morgan fingerprint density at radius 2 is 1.00 bits per heavy atom. The van der Waals surface area contributed by atoms with E-state index in [1.54, 1.807) is 10.1 Å². The summed E-state index contributed by atoms with van der Waals surface area (Å²) in [5.74, 6) is -5.80. The summed E-state index contributed by atoms with van der Waals surface area (Å²) in [5, 5.41) is 24.4. The third-order valence-corrected chi connectivity index (χ3v) is 8.86. The number of carboxylic acid groups (broad SMARTS) is 2. The molecule has 10 nitrogen and oxygen atoms in total. The number of nitrogens with zero attached hydrogens (tertiary/aromatic N) is 2. The molecule has 2 aliphatic rings. The quantitative estimate of drug-likeness (QED) is 0.373. The maximum Gasteiger partial charge on any atom is 0.322 e. The summed E-state index contributed by atoms with van der Waals surface area (Å²) < 4.78 is 0. The van der Waals surface area contributed by atoms with Gasteiger partial charge in [-0.05, 0) is 99.3 Å². The molecule has 2 saturated heterocycles. The summed E-state index contributed by atoms with van der Waals surface area (Å²) in [6.07, 6.45) is 2.81. The minimum absolute atomic E-state index is 0.302. The number of rotatable bonds is 9. The number of aliphatic carboxylic acids is 2. The van der Waals surface area contributed by atoms with Crippen LogP contribution in [-0.4, -0.2) is 66.4 Å². The van der Waals surface area contributed by atoms with Gasteiger partial charge in [0.15, 0.2) is 5.92 Å². The van der Waals surface area contributed by atoms with Crippen molar-refractivity contribution in [2.24, 2.45) is 23.2 Å². The molecule has 0 aliphatic carbocycles. The van der Waals surface area contributed by atoms with E-state index in [1.165, 1.54) is 13.8 Å². The minimum atomic E-state index is -1.63. The summed E-state index contributed by atoms with van der Waals surface area (Å²) in [6.45, 7) is 20.3. The lowest BCUT2D eigenvalue weighted by Gasteiger charge is -2.62. The molecule has 2 N–H and O–H groups in total. The van der Waals surface area contributed by atoms with Crippen LogP contribution in [0.4, 0.5) is 0 Å². The van der Waals surface area contributed by atoms with Crippen LogP contribution in [0.15, 0.2) is 0 Å². The molecule has 0 aromatic carbocycles. The molecule has 10 heteroatoms. The third-order valence-electron chi connectivity index (χ3n) is 8.86. The van der Waals surface area contributed by atoms with Crippen molar-refractivity contribution in [1.82, 2.24) is 10.1 Å². The van der Waals surface area contributed by atoms with Crippen molar-refractivity contribution in [2.75, 3.05) is 0 Å². The number of carboxylic acids is 2. The highest BCUT2D eigenvalue weighted by molar-refractivity contribution is 5.94. The predicted octanol–water partition coefficient (Wildman–Crippen LogP) is 5.05. The van der Waals surface area contributed by atoms with E-state index < -0.39 is 57.4 Å². The standard InChI is InChI=1S/C29H50N2O8/c1-12-13-29(22(23(34)35)24(36)37,20-14-25(4,5)30(38-18(2)32)26(6,7)15-20)21-16-27(8,9)31(39-19(3)33)28(10,11)17-21/h20-22H,12-17H2,1-11H3,(H,34,35)(H,36,37). The van der Waals surface area contributed by atoms with E-state index in [4.69, 9.17) is 9.68 Å². The molecule has 224 valence electrons. The van der Waals surface area contributed by atoms with Crippen LogP contribution in [0.5, 0.6) is 0 Å². The summed E-state index contributed by atoms with van der Waals surface area (Å²) in [7, 11) is 0. The van der Waals surface area contributed by atoms with Crippen molar-refractivity contribution in [3.05, 3.63) is 0 Å². The van der Waals surface area contributed by atoms with E-state index in [1.807, 2.05) is 62.3 Å². The molecule has 0 bridgehead atoms. The molecule has 0 atom stereocenters. The maximum atomic E-state index is 12.9. The molecule has 2 fully saturated rings. The smallest absolute Gasteiger partial charge is 0.322 e. The summed E-state index contributed by atoms with van der Waals surface area (Å²) >= 11 is 0. The highest BCUT2D eigenvalue weighted by Gasteiger charge is 2.64. The third kappa shape index (κ3) is 6.42. The molecule has 0 radical (unpaired) electrons. The molecule has 0 aromatic rings. The zero-order valence-electron chi connectivity index (χ0n) is 25.7. The van der Waals surface area contributed by atoms with Gasteiger partial charge >= 0.3 is 23.9 Å². The molecule has 2 aliphatic heterocycles. The van der Waals surface area contributed by atoms with Crippen LogP contribution in [0.2, 0.25) is 0 Å². The first-order valence-corrected chi connectivity index (χ1v) is 14.0. The monoisotopic (exact) mass is 554 g/mol. The van der Waals surface area contributed by atoms with Crippen LogP contribution in [-0.2, 0) is 28.9 Å². The van der Waals surface area contributed by atoms with Crippen LogP contribution in [0.25, 0.3) is 0 Å². The van der Waals surface area contributed by atoms with Crippen molar-refractivity contribution in [2.45, 2.75) is 137 Å². The fourth-order valence-corrected chi connectivity index (χ4v) is 8.39. The highest BCUT2D eigenvalue weighted by atomic mass is 16.7. The number of carbonyl (C=O) groups is 4. The molecule has 2 rings (SSSR count). The van der Waals surface area contributed by atoms with Gasteiger partial charge in [0.2, 0.25) is 0 Å². The van der Waals surface area contributed by atoms with Gasteiger partial charge in [0, 0.05) is 19.3 Å². The average molecular weight is 555 g/mol. The normalized spacial score (nSPS) is 23.8. The molecule has 0 spiro atoms. The van der Waals surface area contributed by atoms with Gasteiger partial charge in [-0.1, -0.05) is 13.3 Å². The molecule has 2 heterocycles. The van der Waals surface area contributed by atoms with Crippen molar-refractivity contribution in [1.29, 1.82) is 0 Å². The SMILES string of the molecule is CCCC(C1CC(C)(C)N(OC(C)=O)C(C)(C)C1)(C1CC(C)(C)N(OC(C)=O)C(C)(C)C1)C(C(=O)O)C(=O)O. The number of hydrogen-bond donors (Lipinski definition) is 2. The molecule has 39 heavy (non-hydrogen) atoms. The molecule has 0 amide bonds. The Hall–Kier alpha value is -2.20. The second-order valence-electron chi connectivity index (χ2n) is 14.2. The minimum Gasteiger partial charge on any atom is -0.481 e. The van der Waals surface area contributed by atoms with Gasteiger partial charge in [0.05, 0.1) is 22.2 Å². The Morgan fingerprint density at radius 3 is 1.21 bits per heavy atom. The summed E-state index contributed by atoms with van der Waals surface area (Å²) in [6, 6.07) is 0. The molecular weight excluding hydrogens is 504 g/mol. The van der Waals surface area contributed by atoms with E-state index >= 15 is 0 Å². The van der Waals surface area contributed by atoms with E-state index in [9.17, 15) is 29.4 Å². The largest absolute Gasteiger partial charge is 0.481 e. The van der Waals surface area contributed by atoms with Gasteiger partial charge in [-0.15, -0.1) is 10.1 Å². The Bertz CT molecular complexity index is 864. The van der Waals surface area contributed by atoms with Crippen LogP contribution in [0.3, 0.4) is 0 Å².